The van der Waals surface area contributed by atoms with Crippen molar-refractivity contribution < 1.29 is 17.9 Å². The molecule has 0 radical (unpaired) electrons. The van der Waals surface area contributed by atoms with E-state index in [0.29, 0.717) is 10.1 Å². The largest absolute Gasteiger partial charge is 0.486 e. The van der Waals surface area contributed by atoms with Gasteiger partial charge >= 0.3 is 6.55 Å². The van der Waals surface area contributed by atoms with E-state index in [4.69, 9.17) is 4.74 Å². The Morgan fingerprint density at radius 1 is 1.39 bits per heavy atom. The number of halogens is 3. The molecule has 1 aromatic carbocycles. The molecule has 3 nitrogen and oxygen atoms in total. The molecule has 0 fully saturated rings. The molecule has 0 aliphatic heterocycles. The van der Waals surface area contributed by atoms with Crippen LogP contribution in [-0.4, -0.2) is 9.55 Å². The van der Waals surface area contributed by atoms with Gasteiger partial charge in [0.1, 0.15) is 18.2 Å². The van der Waals surface area contributed by atoms with E-state index in [0.717, 1.165) is 0 Å². The van der Waals surface area contributed by atoms with Crippen LogP contribution in [0.15, 0.2) is 30.6 Å². The number of imidazole rings is 1. The molecule has 0 amide bonds. The zero-order valence-electron chi connectivity index (χ0n) is 9.61. The van der Waals surface area contributed by atoms with E-state index < -0.39 is 12.4 Å². The molecule has 2 rings (SSSR count). The lowest BCUT2D eigenvalue weighted by Gasteiger charge is -2.09. The van der Waals surface area contributed by atoms with E-state index in [-0.39, 0.29) is 18.2 Å². The lowest BCUT2D eigenvalue weighted by atomic mass is 10.2. The van der Waals surface area contributed by atoms with Crippen LogP contribution < -0.4 is 4.74 Å². The number of ether oxygens (including phenoxy) is 1. The first-order valence-corrected chi connectivity index (χ1v) is 5.26. The SMILES string of the molecule is Cc1ccc(OCc2nccn2C(F)F)cc1F. The number of aryl methyl sites for hydroxylation is 1. The van der Waals surface area contributed by atoms with Gasteiger partial charge in [-0.3, -0.25) is 4.57 Å². The number of alkyl halides is 2. The predicted octanol–water partition coefficient (Wildman–Crippen LogP) is 3.30. The van der Waals surface area contributed by atoms with Gasteiger partial charge in [0.2, 0.25) is 0 Å². The number of aromatic nitrogens is 2. The highest BCUT2D eigenvalue weighted by Gasteiger charge is 2.11. The summed E-state index contributed by atoms with van der Waals surface area (Å²) in [6.45, 7) is -1.18. The summed E-state index contributed by atoms with van der Waals surface area (Å²) in [7, 11) is 0. The molecule has 18 heavy (non-hydrogen) atoms. The minimum absolute atomic E-state index is 0.0889. The Kier molecular flexibility index (Phi) is 3.55. The third-order valence-electron chi connectivity index (χ3n) is 2.47. The van der Waals surface area contributed by atoms with Gasteiger partial charge in [-0.05, 0) is 18.6 Å². The van der Waals surface area contributed by atoms with E-state index in [1.165, 1.54) is 18.5 Å². The van der Waals surface area contributed by atoms with Crippen molar-refractivity contribution in [2.75, 3.05) is 0 Å². The van der Waals surface area contributed by atoms with Gasteiger partial charge in [-0.2, -0.15) is 8.78 Å². The van der Waals surface area contributed by atoms with Crippen molar-refractivity contribution in [3.05, 3.63) is 47.8 Å². The standard InChI is InChI=1S/C12H11F3N2O/c1-8-2-3-9(6-10(8)13)18-7-11-16-4-5-17(11)12(14)15/h2-6,12H,7H2,1H3. The fourth-order valence-electron chi connectivity index (χ4n) is 1.44. The van der Waals surface area contributed by atoms with Gasteiger partial charge in [0.05, 0.1) is 0 Å². The summed E-state index contributed by atoms with van der Waals surface area (Å²) in [5.74, 6) is -0.0300. The first-order valence-electron chi connectivity index (χ1n) is 5.26. The second-order valence-corrected chi connectivity index (χ2v) is 3.73. The quantitative estimate of drug-likeness (QED) is 0.839. The molecular formula is C12H11F3N2O. The van der Waals surface area contributed by atoms with Gasteiger partial charge < -0.3 is 4.74 Å². The highest BCUT2D eigenvalue weighted by molar-refractivity contribution is 5.28. The third kappa shape index (κ3) is 2.64. The van der Waals surface area contributed by atoms with Crippen LogP contribution in [-0.2, 0) is 6.61 Å². The summed E-state index contributed by atoms with van der Waals surface area (Å²) in [5.41, 5.74) is 0.497. The molecule has 2 aromatic rings. The van der Waals surface area contributed by atoms with Crippen LogP contribution in [0.2, 0.25) is 0 Å². The molecule has 0 N–H and O–H groups in total. The van der Waals surface area contributed by atoms with Gasteiger partial charge in [0.15, 0.2) is 5.82 Å². The summed E-state index contributed by atoms with van der Waals surface area (Å²) in [6.07, 6.45) is 2.43. The van der Waals surface area contributed by atoms with Crippen LogP contribution in [0.3, 0.4) is 0 Å². The van der Waals surface area contributed by atoms with E-state index in [1.54, 1.807) is 19.1 Å². The van der Waals surface area contributed by atoms with Crippen LogP contribution in [0.5, 0.6) is 5.75 Å². The fraction of sp³-hybridized carbons (Fsp3) is 0.250. The second-order valence-electron chi connectivity index (χ2n) is 3.73. The molecule has 0 aliphatic carbocycles. The molecule has 1 aromatic heterocycles. The third-order valence-corrected chi connectivity index (χ3v) is 2.47. The van der Waals surface area contributed by atoms with E-state index in [9.17, 15) is 13.2 Å². The van der Waals surface area contributed by atoms with Crippen molar-refractivity contribution in [1.29, 1.82) is 0 Å². The first-order chi connectivity index (χ1) is 8.58. The highest BCUT2D eigenvalue weighted by Crippen LogP contribution is 2.18. The molecule has 0 saturated heterocycles. The van der Waals surface area contributed by atoms with Crippen LogP contribution in [0.1, 0.15) is 17.9 Å². The van der Waals surface area contributed by atoms with E-state index >= 15 is 0 Å². The monoisotopic (exact) mass is 256 g/mol. The van der Waals surface area contributed by atoms with E-state index in [2.05, 4.69) is 4.98 Å². The average Bonchev–Trinajstić information content (AvgIpc) is 2.79. The molecular weight excluding hydrogens is 245 g/mol. The van der Waals surface area contributed by atoms with Crippen molar-refractivity contribution in [2.45, 2.75) is 20.1 Å². The molecule has 6 heteroatoms. The summed E-state index contributed by atoms with van der Waals surface area (Å²) in [4.78, 5) is 3.76. The van der Waals surface area contributed by atoms with Gasteiger partial charge in [0, 0.05) is 18.5 Å². The highest BCUT2D eigenvalue weighted by atomic mass is 19.3. The summed E-state index contributed by atoms with van der Waals surface area (Å²) in [5, 5.41) is 0. The second kappa shape index (κ2) is 5.12. The molecule has 0 aliphatic rings. The Hall–Kier alpha value is -1.98. The number of benzene rings is 1. The minimum atomic E-state index is -2.67. The molecule has 1 heterocycles. The number of hydrogen-bond acceptors (Lipinski definition) is 2. The van der Waals surface area contributed by atoms with Crippen molar-refractivity contribution in [2.24, 2.45) is 0 Å². The maximum atomic E-state index is 13.2. The maximum Gasteiger partial charge on any atom is 0.320 e. The topological polar surface area (TPSA) is 27.1 Å². The normalized spacial score (nSPS) is 10.9. The van der Waals surface area contributed by atoms with Gasteiger partial charge in [-0.1, -0.05) is 6.07 Å². The first kappa shape index (κ1) is 12.5. The zero-order chi connectivity index (χ0) is 13.1. The lowest BCUT2D eigenvalue weighted by molar-refractivity contribution is 0.0632. The Morgan fingerprint density at radius 3 is 2.83 bits per heavy atom. The van der Waals surface area contributed by atoms with Crippen LogP contribution in [0.25, 0.3) is 0 Å². The van der Waals surface area contributed by atoms with Gasteiger partial charge in [-0.25, -0.2) is 9.37 Å². The molecule has 0 spiro atoms. The maximum absolute atomic E-state index is 13.2. The van der Waals surface area contributed by atoms with Crippen LogP contribution in [0, 0.1) is 12.7 Å². The Balaban J connectivity index is 2.07. The summed E-state index contributed by atoms with van der Waals surface area (Å²) in [6, 6.07) is 4.35. The zero-order valence-corrected chi connectivity index (χ0v) is 9.61. The smallest absolute Gasteiger partial charge is 0.320 e. The molecule has 0 unspecified atom stereocenters. The van der Waals surface area contributed by atoms with Crippen LogP contribution >= 0.6 is 0 Å². The Morgan fingerprint density at radius 2 is 2.17 bits per heavy atom. The summed E-state index contributed by atoms with van der Waals surface area (Å²) < 4.78 is 44.2. The molecule has 0 saturated carbocycles. The van der Waals surface area contributed by atoms with Crippen molar-refractivity contribution in [1.82, 2.24) is 9.55 Å². The minimum Gasteiger partial charge on any atom is -0.486 e. The van der Waals surface area contributed by atoms with E-state index in [1.807, 2.05) is 0 Å². The number of hydrogen-bond donors (Lipinski definition) is 0. The van der Waals surface area contributed by atoms with Gasteiger partial charge in [-0.15, -0.1) is 0 Å². The Bertz CT molecular complexity index is 540. The predicted molar refractivity (Wildman–Crippen MR) is 58.9 cm³/mol. The summed E-state index contributed by atoms with van der Waals surface area (Å²) >= 11 is 0. The fourth-order valence-corrected chi connectivity index (χ4v) is 1.44. The van der Waals surface area contributed by atoms with Crippen molar-refractivity contribution in [3.63, 3.8) is 0 Å². The average molecular weight is 256 g/mol. The van der Waals surface area contributed by atoms with Gasteiger partial charge in [0.25, 0.3) is 0 Å². The molecule has 96 valence electrons. The molecule has 0 atom stereocenters. The molecule has 0 bridgehead atoms. The lowest BCUT2D eigenvalue weighted by Crippen LogP contribution is -2.07. The van der Waals surface area contributed by atoms with Crippen molar-refractivity contribution in [3.8, 4) is 5.75 Å². The number of nitrogens with zero attached hydrogens (tertiary/aromatic N) is 2. The van der Waals surface area contributed by atoms with Crippen LogP contribution in [0.4, 0.5) is 13.2 Å². The Labute approximate surface area is 102 Å². The number of rotatable bonds is 4. The van der Waals surface area contributed by atoms with Crippen molar-refractivity contribution >= 4 is 0 Å².